The van der Waals surface area contributed by atoms with Gasteiger partial charge >= 0.3 is 6.03 Å². The Morgan fingerprint density at radius 2 is 2.18 bits per heavy atom. The van der Waals surface area contributed by atoms with Gasteiger partial charge in [-0.3, -0.25) is 0 Å². The van der Waals surface area contributed by atoms with Crippen molar-refractivity contribution in [3.63, 3.8) is 0 Å². The Bertz CT molecular complexity index is 165. The minimum Gasteiger partial charge on any atom is -0.341 e. The lowest BCUT2D eigenvalue weighted by molar-refractivity contribution is 0.167. The molecule has 1 aliphatic rings. The van der Waals surface area contributed by atoms with Gasteiger partial charge in [-0.15, -0.1) is 0 Å². The summed E-state index contributed by atoms with van der Waals surface area (Å²) in [5, 5.41) is 2.65. The molecule has 1 heterocycles. The normalized spacial score (nSPS) is 21.9. The van der Waals surface area contributed by atoms with Crippen molar-refractivity contribution < 1.29 is 4.79 Å². The van der Waals surface area contributed by atoms with Crippen LogP contribution < -0.4 is 5.32 Å². The number of carbonyl (C=O) groups excluding carboxylic acids is 1. The Labute approximate surface area is 67.8 Å². The van der Waals surface area contributed by atoms with Crippen molar-refractivity contribution in [2.24, 2.45) is 0 Å². The lowest BCUT2D eigenvalue weighted by atomic mass is 10.0. The smallest absolute Gasteiger partial charge is 0.317 e. The third-order valence-electron chi connectivity index (χ3n) is 2.36. The molecule has 0 aromatic carbocycles. The van der Waals surface area contributed by atoms with Crippen molar-refractivity contribution in [1.82, 2.24) is 10.2 Å². The van der Waals surface area contributed by atoms with E-state index in [9.17, 15) is 4.79 Å². The SMILES string of the molecule is CNC(=O)N1CCCC1(C)C. The summed E-state index contributed by atoms with van der Waals surface area (Å²) in [5.74, 6) is 0. The minimum absolute atomic E-state index is 0.0486. The lowest BCUT2D eigenvalue weighted by Crippen LogP contribution is -2.46. The molecule has 0 unspecified atom stereocenters. The summed E-state index contributed by atoms with van der Waals surface area (Å²) < 4.78 is 0. The molecule has 3 nitrogen and oxygen atoms in total. The van der Waals surface area contributed by atoms with E-state index in [-0.39, 0.29) is 11.6 Å². The Morgan fingerprint density at radius 3 is 2.55 bits per heavy atom. The fourth-order valence-corrected chi connectivity index (χ4v) is 1.62. The maximum Gasteiger partial charge on any atom is 0.317 e. The zero-order valence-electron chi connectivity index (χ0n) is 7.48. The van der Waals surface area contributed by atoms with Crippen LogP contribution >= 0.6 is 0 Å². The van der Waals surface area contributed by atoms with E-state index in [1.807, 2.05) is 4.90 Å². The average Bonchev–Trinajstić information content (AvgIpc) is 2.28. The van der Waals surface area contributed by atoms with E-state index in [1.54, 1.807) is 7.05 Å². The summed E-state index contributed by atoms with van der Waals surface area (Å²) in [5.41, 5.74) is 0.0556. The van der Waals surface area contributed by atoms with Gasteiger partial charge in [0.2, 0.25) is 0 Å². The van der Waals surface area contributed by atoms with Gasteiger partial charge in [0, 0.05) is 19.1 Å². The molecule has 11 heavy (non-hydrogen) atoms. The van der Waals surface area contributed by atoms with E-state index in [1.165, 1.54) is 0 Å². The lowest BCUT2D eigenvalue weighted by Gasteiger charge is -2.30. The van der Waals surface area contributed by atoms with Gasteiger partial charge < -0.3 is 10.2 Å². The maximum absolute atomic E-state index is 11.2. The molecule has 0 bridgehead atoms. The quantitative estimate of drug-likeness (QED) is 0.561. The van der Waals surface area contributed by atoms with Crippen LogP contribution in [-0.2, 0) is 0 Å². The van der Waals surface area contributed by atoms with Gasteiger partial charge in [-0.2, -0.15) is 0 Å². The maximum atomic E-state index is 11.2. The predicted octanol–water partition coefficient (Wildman–Crippen LogP) is 1.20. The topological polar surface area (TPSA) is 32.3 Å². The number of rotatable bonds is 0. The van der Waals surface area contributed by atoms with Crippen LogP contribution in [0.3, 0.4) is 0 Å². The van der Waals surface area contributed by atoms with Crippen molar-refractivity contribution in [2.75, 3.05) is 13.6 Å². The third kappa shape index (κ3) is 1.47. The minimum atomic E-state index is 0.0486. The molecule has 0 saturated carbocycles. The molecule has 1 saturated heterocycles. The zero-order chi connectivity index (χ0) is 8.48. The highest BCUT2D eigenvalue weighted by atomic mass is 16.2. The van der Waals surface area contributed by atoms with E-state index >= 15 is 0 Å². The highest BCUT2D eigenvalue weighted by molar-refractivity contribution is 5.74. The highest BCUT2D eigenvalue weighted by Gasteiger charge is 2.34. The number of hydrogen-bond donors (Lipinski definition) is 1. The highest BCUT2D eigenvalue weighted by Crippen LogP contribution is 2.27. The molecule has 64 valence electrons. The average molecular weight is 156 g/mol. The van der Waals surface area contributed by atoms with Crippen molar-refractivity contribution in [3.05, 3.63) is 0 Å². The molecule has 2 amide bonds. The first-order chi connectivity index (χ1) is 5.08. The summed E-state index contributed by atoms with van der Waals surface area (Å²) >= 11 is 0. The Hall–Kier alpha value is -0.730. The van der Waals surface area contributed by atoms with Gasteiger partial charge in [0.05, 0.1) is 0 Å². The second-order valence-electron chi connectivity index (χ2n) is 3.62. The van der Waals surface area contributed by atoms with E-state index in [0.29, 0.717) is 0 Å². The number of urea groups is 1. The summed E-state index contributed by atoms with van der Waals surface area (Å²) in [6, 6.07) is 0.0486. The summed E-state index contributed by atoms with van der Waals surface area (Å²) in [7, 11) is 1.68. The van der Waals surface area contributed by atoms with Gasteiger partial charge in [-0.25, -0.2) is 4.79 Å². The van der Waals surface area contributed by atoms with Gasteiger partial charge in [0.25, 0.3) is 0 Å². The second-order valence-corrected chi connectivity index (χ2v) is 3.62. The van der Waals surface area contributed by atoms with E-state index < -0.39 is 0 Å². The predicted molar refractivity (Wildman–Crippen MR) is 44.5 cm³/mol. The van der Waals surface area contributed by atoms with Crippen LogP contribution in [0.5, 0.6) is 0 Å². The number of amides is 2. The van der Waals surface area contributed by atoms with Crippen molar-refractivity contribution in [1.29, 1.82) is 0 Å². The first kappa shape index (κ1) is 8.37. The van der Waals surface area contributed by atoms with Crippen LogP contribution in [0.4, 0.5) is 4.79 Å². The van der Waals surface area contributed by atoms with Crippen molar-refractivity contribution in [3.8, 4) is 0 Å². The van der Waals surface area contributed by atoms with Gasteiger partial charge in [-0.05, 0) is 26.7 Å². The first-order valence-electron chi connectivity index (χ1n) is 4.07. The number of likely N-dealkylation sites (tertiary alicyclic amines) is 1. The van der Waals surface area contributed by atoms with Gasteiger partial charge in [-0.1, -0.05) is 0 Å². The Kier molecular flexibility index (Phi) is 2.07. The Balaban J connectivity index is 2.64. The molecule has 0 atom stereocenters. The summed E-state index contributed by atoms with van der Waals surface area (Å²) in [6.07, 6.45) is 2.24. The zero-order valence-corrected chi connectivity index (χ0v) is 7.48. The van der Waals surface area contributed by atoms with Crippen LogP contribution in [0, 0.1) is 0 Å². The third-order valence-corrected chi connectivity index (χ3v) is 2.36. The second kappa shape index (κ2) is 2.72. The van der Waals surface area contributed by atoms with E-state index in [0.717, 1.165) is 19.4 Å². The molecule has 0 radical (unpaired) electrons. The number of nitrogens with one attached hydrogen (secondary N) is 1. The molecule has 3 heteroatoms. The molecule has 0 spiro atoms. The molecule has 1 rings (SSSR count). The molecule has 0 aliphatic carbocycles. The molecule has 1 aliphatic heterocycles. The van der Waals surface area contributed by atoms with Crippen LogP contribution in [0.1, 0.15) is 26.7 Å². The Morgan fingerprint density at radius 1 is 1.55 bits per heavy atom. The fraction of sp³-hybridized carbons (Fsp3) is 0.875. The first-order valence-corrected chi connectivity index (χ1v) is 4.07. The number of nitrogens with zero attached hydrogens (tertiary/aromatic N) is 1. The summed E-state index contributed by atoms with van der Waals surface area (Å²) in [4.78, 5) is 13.1. The van der Waals surface area contributed by atoms with Crippen LogP contribution in [0.25, 0.3) is 0 Å². The molecule has 1 N–H and O–H groups in total. The molecular formula is C8H16N2O. The van der Waals surface area contributed by atoms with Crippen LogP contribution in [-0.4, -0.2) is 30.1 Å². The number of hydrogen-bond acceptors (Lipinski definition) is 1. The van der Waals surface area contributed by atoms with Gasteiger partial charge in [0.1, 0.15) is 0 Å². The molecular weight excluding hydrogens is 140 g/mol. The monoisotopic (exact) mass is 156 g/mol. The van der Waals surface area contributed by atoms with Crippen molar-refractivity contribution in [2.45, 2.75) is 32.2 Å². The summed E-state index contributed by atoms with van der Waals surface area (Å²) in [6.45, 7) is 5.11. The largest absolute Gasteiger partial charge is 0.341 e. The van der Waals surface area contributed by atoms with Crippen LogP contribution in [0.15, 0.2) is 0 Å². The van der Waals surface area contributed by atoms with E-state index in [2.05, 4.69) is 19.2 Å². The van der Waals surface area contributed by atoms with E-state index in [4.69, 9.17) is 0 Å². The molecule has 1 fully saturated rings. The fourth-order valence-electron chi connectivity index (χ4n) is 1.62. The number of carbonyl (C=O) groups is 1. The van der Waals surface area contributed by atoms with Crippen molar-refractivity contribution >= 4 is 6.03 Å². The molecule has 0 aromatic heterocycles. The molecule has 0 aromatic rings. The van der Waals surface area contributed by atoms with Crippen LogP contribution in [0.2, 0.25) is 0 Å². The van der Waals surface area contributed by atoms with Gasteiger partial charge in [0.15, 0.2) is 0 Å². The standard InChI is InChI=1S/C8H16N2O/c1-8(2)5-4-6-10(8)7(11)9-3/h4-6H2,1-3H3,(H,9,11).